The number of carbonyl (C=O) groups is 1. The number of nitrogens with zero attached hydrogens (tertiary/aromatic N) is 2. The van der Waals surface area contributed by atoms with Crippen molar-refractivity contribution >= 4 is 11.7 Å². The molecule has 0 atom stereocenters. The minimum atomic E-state index is -0.485. The highest BCUT2D eigenvalue weighted by Gasteiger charge is 2.01. The second-order valence-electron chi connectivity index (χ2n) is 4.79. The van der Waals surface area contributed by atoms with Gasteiger partial charge in [-0.3, -0.25) is 4.40 Å². The quantitative estimate of drug-likeness (QED) is 0.757. The average molecular weight is 305 g/mol. The molecule has 0 aliphatic carbocycles. The molecule has 3 rings (SSSR count). The minimum Gasteiger partial charge on any atom is -0.445 e. The van der Waals surface area contributed by atoms with Crippen LogP contribution in [0, 0.1) is 11.8 Å². The molecule has 114 valence electrons. The van der Waals surface area contributed by atoms with Crippen LogP contribution in [0.4, 0.5) is 4.79 Å². The molecule has 23 heavy (non-hydrogen) atoms. The first kappa shape index (κ1) is 14.7. The van der Waals surface area contributed by atoms with Crippen molar-refractivity contribution < 1.29 is 9.53 Å². The van der Waals surface area contributed by atoms with Gasteiger partial charge in [0.05, 0.1) is 12.7 Å². The first-order chi connectivity index (χ1) is 11.3. The predicted octanol–water partition coefficient (Wildman–Crippen LogP) is 2.61. The van der Waals surface area contributed by atoms with E-state index in [1.54, 1.807) is 6.20 Å². The maximum absolute atomic E-state index is 11.6. The highest BCUT2D eigenvalue weighted by molar-refractivity contribution is 5.67. The molecule has 2 heterocycles. The van der Waals surface area contributed by atoms with Crippen LogP contribution in [0.25, 0.3) is 5.65 Å². The number of amides is 1. The van der Waals surface area contributed by atoms with Gasteiger partial charge in [0.25, 0.3) is 0 Å². The number of aromatic nitrogens is 2. The molecular weight excluding hydrogens is 290 g/mol. The number of hydrogen-bond acceptors (Lipinski definition) is 3. The zero-order valence-electron chi connectivity index (χ0n) is 12.4. The van der Waals surface area contributed by atoms with Crippen molar-refractivity contribution in [1.82, 2.24) is 14.7 Å². The molecule has 5 nitrogen and oxygen atoms in total. The van der Waals surface area contributed by atoms with Gasteiger partial charge >= 0.3 is 6.09 Å². The highest BCUT2D eigenvalue weighted by atomic mass is 16.5. The van der Waals surface area contributed by atoms with Crippen molar-refractivity contribution in [3.05, 3.63) is 72.2 Å². The number of benzene rings is 1. The topological polar surface area (TPSA) is 55.6 Å². The molecule has 5 heteroatoms. The number of rotatable bonds is 3. The molecule has 0 aliphatic heterocycles. The fraction of sp³-hybridized carbons (Fsp3) is 0.111. The molecule has 0 saturated heterocycles. The average Bonchev–Trinajstić information content (AvgIpc) is 3.01. The zero-order valence-corrected chi connectivity index (χ0v) is 12.4. The van der Waals surface area contributed by atoms with Crippen LogP contribution in [0.5, 0.6) is 0 Å². The normalized spacial score (nSPS) is 9.91. The Balaban J connectivity index is 1.49. The number of carbonyl (C=O) groups excluding carboxylic acids is 1. The molecule has 0 aliphatic rings. The van der Waals surface area contributed by atoms with Crippen molar-refractivity contribution in [2.75, 3.05) is 6.54 Å². The Hall–Kier alpha value is -3.26. The highest BCUT2D eigenvalue weighted by Crippen LogP contribution is 2.04. The molecule has 2 aromatic heterocycles. The number of fused-ring (bicyclic) bond motifs is 1. The van der Waals surface area contributed by atoms with E-state index < -0.39 is 6.09 Å². The SMILES string of the molecule is O=C(NCC#Cc1cnc2ccccn12)OCc1ccccc1. The van der Waals surface area contributed by atoms with E-state index in [1.807, 2.05) is 59.1 Å². The number of pyridine rings is 1. The Morgan fingerprint density at radius 3 is 2.87 bits per heavy atom. The second-order valence-corrected chi connectivity index (χ2v) is 4.79. The van der Waals surface area contributed by atoms with Gasteiger partial charge in [-0.2, -0.15) is 0 Å². The molecule has 0 bridgehead atoms. The first-order valence-corrected chi connectivity index (χ1v) is 7.18. The van der Waals surface area contributed by atoms with E-state index in [1.165, 1.54) is 0 Å². The number of imidazole rings is 1. The number of hydrogen-bond donors (Lipinski definition) is 1. The van der Waals surface area contributed by atoms with Crippen molar-refractivity contribution in [2.24, 2.45) is 0 Å². The lowest BCUT2D eigenvalue weighted by molar-refractivity contribution is 0.141. The summed E-state index contributed by atoms with van der Waals surface area (Å²) >= 11 is 0. The molecule has 0 saturated carbocycles. The first-order valence-electron chi connectivity index (χ1n) is 7.18. The molecule has 1 N–H and O–H groups in total. The lowest BCUT2D eigenvalue weighted by atomic mass is 10.2. The summed E-state index contributed by atoms with van der Waals surface area (Å²) in [7, 11) is 0. The van der Waals surface area contributed by atoms with Crippen molar-refractivity contribution in [3.8, 4) is 11.8 Å². The summed E-state index contributed by atoms with van der Waals surface area (Å²) in [5, 5.41) is 2.60. The smallest absolute Gasteiger partial charge is 0.408 e. The second kappa shape index (κ2) is 7.14. The Labute approximate surface area is 133 Å². The molecule has 0 spiro atoms. The van der Waals surface area contributed by atoms with Gasteiger partial charge in [-0.1, -0.05) is 42.3 Å². The van der Waals surface area contributed by atoms with Crippen LogP contribution in [-0.4, -0.2) is 22.0 Å². The molecule has 0 radical (unpaired) electrons. The van der Waals surface area contributed by atoms with Crippen LogP contribution in [0.1, 0.15) is 11.3 Å². The molecule has 3 aromatic rings. The number of alkyl carbamates (subject to hydrolysis) is 1. The predicted molar refractivity (Wildman–Crippen MR) is 86.7 cm³/mol. The molecule has 1 amide bonds. The standard InChI is InChI=1S/C18H15N3O2/c22-18(23-14-15-7-2-1-3-8-15)19-11-6-9-16-13-20-17-10-4-5-12-21(16)17/h1-5,7-8,10,12-13H,11,14H2,(H,19,22). The minimum absolute atomic E-state index is 0.216. The van der Waals surface area contributed by atoms with E-state index in [0.717, 1.165) is 16.9 Å². The molecule has 0 unspecified atom stereocenters. The van der Waals surface area contributed by atoms with Crippen molar-refractivity contribution in [3.63, 3.8) is 0 Å². The summed E-state index contributed by atoms with van der Waals surface area (Å²) in [6.45, 7) is 0.459. The van der Waals surface area contributed by atoms with E-state index in [4.69, 9.17) is 4.74 Å². The molecule has 0 fully saturated rings. The fourth-order valence-electron chi connectivity index (χ4n) is 2.05. The van der Waals surface area contributed by atoms with E-state index in [2.05, 4.69) is 22.1 Å². The maximum Gasteiger partial charge on any atom is 0.408 e. The van der Waals surface area contributed by atoms with Gasteiger partial charge in [0.1, 0.15) is 17.9 Å². The molecule has 1 aromatic carbocycles. The van der Waals surface area contributed by atoms with Crippen LogP contribution in [0.3, 0.4) is 0 Å². The summed E-state index contributed by atoms with van der Waals surface area (Å²) in [4.78, 5) is 15.8. The van der Waals surface area contributed by atoms with E-state index >= 15 is 0 Å². The van der Waals surface area contributed by atoms with Gasteiger partial charge < -0.3 is 10.1 Å². The summed E-state index contributed by atoms with van der Waals surface area (Å²) in [6, 6.07) is 15.3. The lowest BCUT2D eigenvalue weighted by Gasteiger charge is -2.04. The third-order valence-electron chi connectivity index (χ3n) is 3.17. The Bertz CT molecular complexity index is 860. The third-order valence-corrected chi connectivity index (χ3v) is 3.17. The van der Waals surface area contributed by atoms with Crippen molar-refractivity contribution in [2.45, 2.75) is 6.61 Å². The van der Waals surface area contributed by atoms with Gasteiger partial charge in [-0.25, -0.2) is 9.78 Å². The Morgan fingerprint density at radius 1 is 1.17 bits per heavy atom. The van der Waals surface area contributed by atoms with Gasteiger partial charge in [0.15, 0.2) is 0 Å². The van der Waals surface area contributed by atoms with Crippen LogP contribution in [-0.2, 0) is 11.3 Å². The van der Waals surface area contributed by atoms with E-state index in [0.29, 0.717) is 0 Å². The maximum atomic E-state index is 11.6. The van der Waals surface area contributed by atoms with Gasteiger partial charge in [0, 0.05) is 6.20 Å². The summed E-state index contributed by atoms with van der Waals surface area (Å²) < 4.78 is 6.99. The molecular formula is C18H15N3O2. The zero-order chi connectivity index (χ0) is 15.9. The third kappa shape index (κ3) is 3.89. The van der Waals surface area contributed by atoms with E-state index in [9.17, 15) is 4.79 Å². The Kier molecular flexibility index (Phi) is 4.55. The monoisotopic (exact) mass is 305 g/mol. The van der Waals surface area contributed by atoms with Crippen LogP contribution in [0.15, 0.2) is 60.9 Å². The van der Waals surface area contributed by atoms with Crippen LogP contribution in [0.2, 0.25) is 0 Å². The summed E-state index contributed by atoms with van der Waals surface area (Å²) in [6.07, 6.45) is 3.12. The lowest BCUT2D eigenvalue weighted by Crippen LogP contribution is -2.24. The summed E-state index contributed by atoms with van der Waals surface area (Å²) in [5.41, 5.74) is 2.56. The number of ether oxygens (including phenoxy) is 1. The largest absolute Gasteiger partial charge is 0.445 e. The number of nitrogens with one attached hydrogen (secondary N) is 1. The van der Waals surface area contributed by atoms with Gasteiger partial charge in [0.2, 0.25) is 0 Å². The van der Waals surface area contributed by atoms with Crippen LogP contribution >= 0.6 is 0 Å². The van der Waals surface area contributed by atoms with Gasteiger partial charge in [-0.15, -0.1) is 0 Å². The van der Waals surface area contributed by atoms with Gasteiger partial charge in [-0.05, 0) is 23.6 Å². The van der Waals surface area contributed by atoms with Crippen molar-refractivity contribution in [1.29, 1.82) is 0 Å². The fourth-order valence-corrected chi connectivity index (χ4v) is 2.05. The Morgan fingerprint density at radius 2 is 2.00 bits per heavy atom. The van der Waals surface area contributed by atoms with Crippen LogP contribution < -0.4 is 5.32 Å². The summed E-state index contributed by atoms with van der Waals surface area (Å²) in [5.74, 6) is 5.86. The van der Waals surface area contributed by atoms with E-state index in [-0.39, 0.29) is 13.2 Å².